The molecule has 1 atom stereocenters. The van der Waals surface area contributed by atoms with E-state index in [9.17, 15) is 24.4 Å². The molecule has 2 saturated heterocycles. The summed E-state index contributed by atoms with van der Waals surface area (Å²) in [5.41, 5.74) is 1.24. The van der Waals surface area contributed by atoms with Gasteiger partial charge in [-0.25, -0.2) is 0 Å². The predicted molar refractivity (Wildman–Crippen MR) is 136 cm³/mol. The molecule has 2 bridgehead atoms. The number of carboxylic acids is 1. The summed E-state index contributed by atoms with van der Waals surface area (Å²) in [6.07, 6.45) is 6.60. The van der Waals surface area contributed by atoms with E-state index in [2.05, 4.69) is 23.5 Å². The van der Waals surface area contributed by atoms with E-state index in [1.54, 1.807) is 12.3 Å². The molecule has 4 aromatic heterocycles. The van der Waals surface area contributed by atoms with Crippen LogP contribution >= 0.6 is 20.1 Å². The molecule has 3 aliphatic rings. The Kier molecular flexibility index (Phi) is 5.58. The average molecular weight is 606 g/mol. The van der Waals surface area contributed by atoms with E-state index >= 15 is 0 Å². The van der Waals surface area contributed by atoms with Gasteiger partial charge in [0.2, 0.25) is 0 Å². The molecule has 6 heterocycles. The molecule has 0 spiro atoms. The van der Waals surface area contributed by atoms with Gasteiger partial charge < -0.3 is 0 Å². The van der Waals surface area contributed by atoms with Gasteiger partial charge in [0.05, 0.1) is 0 Å². The van der Waals surface area contributed by atoms with Gasteiger partial charge in [-0.3, -0.25) is 0 Å². The summed E-state index contributed by atoms with van der Waals surface area (Å²) >= 11 is -2.25. The molecule has 11 nitrogen and oxygen atoms in total. The number of furan rings is 1. The van der Waals surface area contributed by atoms with Gasteiger partial charge in [0.25, 0.3) is 0 Å². The fourth-order valence-corrected chi connectivity index (χ4v) is 12.2. The number of nitrogens with one attached hydrogen (secondary N) is 2. The monoisotopic (exact) mass is 606 g/mol. The molecule has 0 amide bonds. The van der Waals surface area contributed by atoms with Crippen molar-refractivity contribution in [1.29, 1.82) is 0 Å². The second-order valence-corrected chi connectivity index (χ2v) is 14.4. The number of aliphatic carboxylic acids is 1. The molecular weight excluding hydrogens is 586 g/mol. The first kappa shape index (κ1) is 22.8. The van der Waals surface area contributed by atoms with Gasteiger partial charge >= 0.3 is 211 Å². The first-order chi connectivity index (χ1) is 17.4. The molecule has 0 aromatic carbocycles. The Labute approximate surface area is 210 Å². The summed E-state index contributed by atoms with van der Waals surface area (Å²) in [6.45, 7) is 0. The van der Waals surface area contributed by atoms with Crippen molar-refractivity contribution in [3.8, 4) is 22.8 Å². The van der Waals surface area contributed by atoms with Crippen molar-refractivity contribution in [3.05, 3.63) is 52.6 Å². The molecular formula is C23H20FIN6O5. The van der Waals surface area contributed by atoms with Crippen molar-refractivity contribution < 1.29 is 23.6 Å². The van der Waals surface area contributed by atoms with Gasteiger partial charge in [0, 0.05) is 0 Å². The summed E-state index contributed by atoms with van der Waals surface area (Å²) in [6, 6.07) is 5.64. The fraction of sp³-hybridized carbons (Fsp3) is 0.304. The predicted octanol–water partition coefficient (Wildman–Crippen LogP) is 5.19. The van der Waals surface area contributed by atoms with Crippen LogP contribution in [0.5, 0.6) is 0 Å². The molecule has 36 heavy (non-hydrogen) atoms. The Balaban J connectivity index is 1.46. The summed E-state index contributed by atoms with van der Waals surface area (Å²) < 4.78 is 22.8. The Bertz CT molecular complexity index is 1500. The van der Waals surface area contributed by atoms with Crippen LogP contribution in [-0.4, -0.2) is 43.8 Å². The average Bonchev–Trinajstić information content (AvgIpc) is 3.52. The quantitative estimate of drug-likeness (QED) is 0.0883. The number of nitrogens with zero attached hydrogens (tertiary/aromatic N) is 4. The van der Waals surface area contributed by atoms with Gasteiger partial charge in [-0.2, -0.15) is 0 Å². The van der Waals surface area contributed by atoms with Crippen molar-refractivity contribution in [2.24, 2.45) is 5.92 Å². The number of carboxylic acid groups (broad SMARTS) is 1. The van der Waals surface area contributed by atoms with E-state index in [4.69, 9.17) is 4.42 Å². The van der Waals surface area contributed by atoms with E-state index in [1.807, 2.05) is 0 Å². The third-order valence-corrected chi connectivity index (χ3v) is 13.9. The van der Waals surface area contributed by atoms with Crippen LogP contribution in [0.3, 0.4) is 0 Å². The first-order valence-corrected chi connectivity index (χ1v) is 14.9. The topological polar surface area (TPSA) is 160 Å². The minimum atomic E-state index is -2.25. The molecule has 1 saturated carbocycles. The zero-order valence-electron chi connectivity index (χ0n) is 18.6. The summed E-state index contributed by atoms with van der Waals surface area (Å²) in [7, 11) is 0. The maximum atomic E-state index is 14.0. The number of pyridine rings is 1. The van der Waals surface area contributed by atoms with Crippen LogP contribution in [0.25, 0.3) is 33.9 Å². The van der Waals surface area contributed by atoms with Crippen LogP contribution < -0.4 is 3.53 Å². The number of aromatic nitrogens is 4. The molecule has 3 fully saturated rings. The molecule has 0 unspecified atom stereocenters. The third-order valence-electron chi connectivity index (χ3n) is 6.63. The van der Waals surface area contributed by atoms with E-state index in [1.165, 1.54) is 18.2 Å². The van der Waals surface area contributed by atoms with Crippen LogP contribution in [0.15, 0.2) is 41.1 Å². The summed E-state index contributed by atoms with van der Waals surface area (Å²) in [4.78, 5) is 38.9. The number of carbonyl (C=O) groups is 1. The fourth-order valence-electron chi connectivity index (χ4n) is 5.01. The Morgan fingerprint density at radius 1 is 1.25 bits per heavy atom. The van der Waals surface area contributed by atoms with E-state index in [-0.39, 0.29) is 21.4 Å². The number of halogens is 2. The number of hydrogen-bond donors (Lipinski definition) is 3. The molecule has 4 aromatic rings. The number of alkyl halides is 2. The van der Waals surface area contributed by atoms with Crippen LogP contribution in [0, 0.1) is 21.8 Å². The number of fused-ring (bicyclic) bond motifs is 4. The van der Waals surface area contributed by atoms with Gasteiger partial charge in [-0.15, -0.1) is 0 Å². The Hall–Kier alpha value is -3.62. The number of hydrogen-bond acceptors (Lipinski definition) is 8. The molecule has 186 valence electrons. The number of rotatable bonds is 6. The van der Waals surface area contributed by atoms with Gasteiger partial charge in [-0.1, -0.05) is 0 Å². The van der Waals surface area contributed by atoms with E-state index < -0.39 is 42.7 Å². The number of anilines is 1. The van der Waals surface area contributed by atoms with Gasteiger partial charge in [0.1, 0.15) is 0 Å². The number of nitro groups is 1. The van der Waals surface area contributed by atoms with Crippen molar-refractivity contribution in [2.45, 2.75) is 33.5 Å². The number of H-pyrrole nitrogens is 1. The molecule has 2 aliphatic heterocycles. The molecule has 1 aliphatic carbocycles. The van der Waals surface area contributed by atoms with Crippen LogP contribution in [0.4, 0.5) is 16.1 Å². The molecule has 13 heteroatoms. The van der Waals surface area contributed by atoms with E-state index in [0.29, 0.717) is 32.0 Å². The van der Waals surface area contributed by atoms with Crippen molar-refractivity contribution >= 4 is 48.8 Å². The summed E-state index contributed by atoms with van der Waals surface area (Å²) in [5.74, 6) is -0.715. The van der Waals surface area contributed by atoms with Gasteiger partial charge in [-0.05, 0) is 0 Å². The first-order valence-electron chi connectivity index (χ1n) is 11.3. The van der Waals surface area contributed by atoms with Crippen LogP contribution in [0.2, 0.25) is 0 Å². The second kappa shape index (κ2) is 8.80. The molecule has 3 N–H and O–H groups in total. The van der Waals surface area contributed by atoms with E-state index in [0.717, 1.165) is 31.9 Å². The minimum absolute atomic E-state index is 0.168. The van der Waals surface area contributed by atoms with Crippen LogP contribution in [0.1, 0.15) is 25.7 Å². The third kappa shape index (κ3) is 3.96. The Morgan fingerprint density at radius 3 is 2.78 bits per heavy atom. The zero-order valence-corrected chi connectivity index (χ0v) is 20.8. The zero-order chi connectivity index (χ0) is 25.0. The summed E-state index contributed by atoms with van der Waals surface area (Å²) in [5, 5.41) is 21.6. The maximum absolute atomic E-state index is 14.0. The second-order valence-electron chi connectivity index (χ2n) is 8.80. The molecule has 7 rings (SSSR count). The molecule has 0 radical (unpaired) electrons. The van der Waals surface area contributed by atoms with Crippen LogP contribution in [-0.2, 0) is 4.79 Å². The standard InChI is InChI=1S/C23H20FIN6O5/c24-12-7-14-15(10-27-21(14)26-9-12)22-28-16(17-5-6-19(36-17)31(34)35)8-18(29-22)30-25-13-3-1-11(2-4-13)20(25)23(32)33/h5-11,13,20H,1-4H2,(H,26,27)(H,32,33)(H,28,29,30)/t11?,13?,20-/m1/s1. The van der Waals surface area contributed by atoms with Crippen molar-refractivity contribution in [2.75, 3.05) is 3.53 Å². The normalized spacial score (nSPS) is 22.1. The van der Waals surface area contributed by atoms with Gasteiger partial charge in [0.15, 0.2) is 0 Å². The number of aromatic amines is 1. The van der Waals surface area contributed by atoms with Crippen molar-refractivity contribution in [3.63, 3.8) is 0 Å². The van der Waals surface area contributed by atoms with Crippen molar-refractivity contribution in [1.82, 2.24) is 19.9 Å². The Morgan fingerprint density at radius 2 is 2.06 bits per heavy atom. The SMILES string of the molecule is O=C(O)[C@H]1C2CCC(CC2)I1Nc1cc(-c2ccc([N+](=O)[O-])o2)nc(-c2c[nH]c3ncc(F)cc23)n1.